The highest BCUT2D eigenvalue weighted by atomic mass is 16.3. The van der Waals surface area contributed by atoms with Gasteiger partial charge in [-0.3, -0.25) is 0 Å². The molecule has 11 rings (SSSR count). The summed E-state index contributed by atoms with van der Waals surface area (Å²) in [4.78, 5) is 2.32. The Morgan fingerprint density at radius 3 is 1.55 bits per heavy atom. The predicted molar refractivity (Wildman–Crippen MR) is 229 cm³/mol. The molecule has 9 aromatic carbocycles. The molecule has 2 heterocycles. The number of para-hydroxylation sites is 3. The van der Waals surface area contributed by atoms with E-state index in [1.807, 2.05) is 24.3 Å². The van der Waals surface area contributed by atoms with E-state index in [2.05, 4.69) is 181 Å². The molecule has 3 heteroatoms. The number of anilines is 3. The van der Waals surface area contributed by atoms with Gasteiger partial charge in [-0.2, -0.15) is 0 Å². The topological polar surface area (TPSA) is 29.5 Å². The maximum atomic E-state index is 6.75. The van der Waals surface area contributed by atoms with E-state index >= 15 is 0 Å². The first-order valence-electron chi connectivity index (χ1n) is 18.7. The van der Waals surface area contributed by atoms with Crippen LogP contribution in [-0.4, -0.2) is 0 Å². The Morgan fingerprint density at radius 1 is 0.291 bits per heavy atom. The molecule has 0 aliphatic heterocycles. The Morgan fingerprint density at radius 2 is 0.800 bits per heavy atom. The second kappa shape index (κ2) is 12.6. The fourth-order valence-electron chi connectivity index (χ4n) is 8.32. The molecule has 3 nitrogen and oxygen atoms in total. The summed E-state index contributed by atoms with van der Waals surface area (Å²) >= 11 is 0. The average molecular weight is 704 g/mol. The van der Waals surface area contributed by atoms with Gasteiger partial charge in [-0.1, -0.05) is 146 Å². The lowest BCUT2D eigenvalue weighted by molar-refractivity contribution is 0.669. The van der Waals surface area contributed by atoms with Crippen molar-refractivity contribution >= 4 is 71.7 Å². The number of hydrogen-bond acceptors (Lipinski definition) is 3. The van der Waals surface area contributed by atoms with E-state index in [-0.39, 0.29) is 0 Å². The number of nitrogens with zero attached hydrogens (tertiary/aromatic N) is 1. The SMILES string of the molecule is c1ccc(-c2cccc3c2oc2c4ccccc4c(-c4ccc(N(c5ccccc5)c5ccc(-c6cccc7oc8ccccc8c67)cc5)cc4)cc32)cc1. The second-order valence-electron chi connectivity index (χ2n) is 14.0. The van der Waals surface area contributed by atoms with Gasteiger partial charge < -0.3 is 13.7 Å². The zero-order valence-electron chi connectivity index (χ0n) is 29.8. The molecule has 0 amide bonds. The molecule has 0 radical (unpaired) electrons. The van der Waals surface area contributed by atoms with Gasteiger partial charge in [0.25, 0.3) is 0 Å². The average Bonchev–Trinajstić information content (AvgIpc) is 3.84. The summed E-state index contributed by atoms with van der Waals surface area (Å²) in [6.07, 6.45) is 0. The lowest BCUT2D eigenvalue weighted by atomic mass is 9.94. The maximum Gasteiger partial charge on any atom is 0.143 e. The molecule has 258 valence electrons. The second-order valence-corrected chi connectivity index (χ2v) is 14.0. The van der Waals surface area contributed by atoms with E-state index < -0.39 is 0 Å². The number of hydrogen-bond donors (Lipinski definition) is 0. The van der Waals surface area contributed by atoms with Crippen LogP contribution in [0, 0.1) is 0 Å². The van der Waals surface area contributed by atoms with Gasteiger partial charge in [-0.05, 0) is 87.8 Å². The van der Waals surface area contributed by atoms with E-state index in [4.69, 9.17) is 8.83 Å². The lowest BCUT2D eigenvalue weighted by Crippen LogP contribution is -2.09. The number of furan rings is 2. The summed E-state index contributed by atoms with van der Waals surface area (Å²) in [5.74, 6) is 0. The Hall–Kier alpha value is -7.36. The number of fused-ring (bicyclic) bond motifs is 8. The Bertz CT molecular complexity index is 3180. The first-order valence-corrected chi connectivity index (χ1v) is 18.7. The predicted octanol–water partition coefficient (Wildman–Crippen LogP) is 15.1. The minimum absolute atomic E-state index is 0.901. The standard InChI is InChI=1S/C52H33NO2/c1-3-13-34(14-4-1)41-21-11-22-44-47-33-46(42-17-7-8-18-43(42)52(47)55-51(41)44)36-27-31-39(32-28-36)53(37-15-5-2-6-16-37)38-29-25-35(26-30-38)40-20-12-24-49-50(40)45-19-9-10-23-48(45)54-49/h1-33H. The van der Waals surface area contributed by atoms with Crippen molar-refractivity contribution in [2.45, 2.75) is 0 Å². The maximum absolute atomic E-state index is 6.75. The zero-order valence-corrected chi connectivity index (χ0v) is 29.8. The van der Waals surface area contributed by atoms with Crippen LogP contribution in [0.15, 0.2) is 209 Å². The first-order chi connectivity index (χ1) is 27.3. The minimum Gasteiger partial charge on any atom is -0.456 e. The number of rotatable bonds is 6. The molecule has 0 atom stereocenters. The third kappa shape index (κ3) is 5.13. The third-order valence-electron chi connectivity index (χ3n) is 10.9. The fraction of sp³-hybridized carbons (Fsp3) is 0. The summed E-state index contributed by atoms with van der Waals surface area (Å²) in [6.45, 7) is 0. The molecule has 0 saturated heterocycles. The van der Waals surface area contributed by atoms with Gasteiger partial charge in [0.05, 0.1) is 0 Å². The largest absolute Gasteiger partial charge is 0.456 e. The number of benzene rings is 9. The summed E-state index contributed by atoms with van der Waals surface area (Å²) < 4.78 is 13.0. The van der Waals surface area contributed by atoms with Crippen molar-refractivity contribution in [2.75, 3.05) is 4.90 Å². The minimum atomic E-state index is 0.901. The van der Waals surface area contributed by atoms with Crippen LogP contribution in [0.4, 0.5) is 17.1 Å². The van der Waals surface area contributed by atoms with Gasteiger partial charge in [0.2, 0.25) is 0 Å². The lowest BCUT2D eigenvalue weighted by Gasteiger charge is -2.26. The third-order valence-corrected chi connectivity index (χ3v) is 10.9. The van der Waals surface area contributed by atoms with Crippen LogP contribution in [0.5, 0.6) is 0 Å². The quantitative estimate of drug-likeness (QED) is 0.173. The molecule has 2 aromatic heterocycles. The van der Waals surface area contributed by atoms with Crippen LogP contribution in [0.3, 0.4) is 0 Å². The molecule has 0 saturated carbocycles. The summed E-state index contributed by atoms with van der Waals surface area (Å²) in [7, 11) is 0. The molecule has 0 bridgehead atoms. The molecule has 11 aromatic rings. The monoisotopic (exact) mass is 703 g/mol. The van der Waals surface area contributed by atoms with Crippen LogP contribution in [-0.2, 0) is 0 Å². The van der Waals surface area contributed by atoms with Gasteiger partial charge >= 0.3 is 0 Å². The Balaban J connectivity index is 1.01. The van der Waals surface area contributed by atoms with Crippen molar-refractivity contribution in [3.63, 3.8) is 0 Å². The van der Waals surface area contributed by atoms with E-state index in [0.717, 1.165) is 94.1 Å². The van der Waals surface area contributed by atoms with Crippen LogP contribution < -0.4 is 4.90 Å². The first kappa shape index (κ1) is 31.2. The van der Waals surface area contributed by atoms with Gasteiger partial charge in [0.1, 0.15) is 22.3 Å². The van der Waals surface area contributed by atoms with Crippen LogP contribution >= 0.6 is 0 Å². The Kier molecular flexibility index (Phi) is 7.17. The molecule has 0 fully saturated rings. The van der Waals surface area contributed by atoms with Gasteiger partial charge in [-0.25, -0.2) is 0 Å². The van der Waals surface area contributed by atoms with Crippen molar-refractivity contribution in [1.82, 2.24) is 0 Å². The fourth-order valence-corrected chi connectivity index (χ4v) is 8.32. The molecule has 0 aliphatic carbocycles. The molecule has 0 aliphatic rings. The molecule has 0 N–H and O–H groups in total. The molecule has 0 unspecified atom stereocenters. The smallest absolute Gasteiger partial charge is 0.143 e. The zero-order chi connectivity index (χ0) is 36.3. The van der Waals surface area contributed by atoms with Gasteiger partial charge in [0, 0.05) is 49.6 Å². The van der Waals surface area contributed by atoms with E-state index in [0.29, 0.717) is 0 Å². The van der Waals surface area contributed by atoms with Crippen LogP contribution in [0.25, 0.3) is 88.0 Å². The highest BCUT2D eigenvalue weighted by Crippen LogP contribution is 2.44. The van der Waals surface area contributed by atoms with Crippen LogP contribution in [0.2, 0.25) is 0 Å². The van der Waals surface area contributed by atoms with Gasteiger partial charge in [-0.15, -0.1) is 0 Å². The molecule has 0 spiro atoms. The Labute approximate surface area is 317 Å². The summed E-state index contributed by atoms with van der Waals surface area (Å²) in [5, 5.41) is 6.80. The summed E-state index contributed by atoms with van der Waals surface area (Å²) in [5.41, 5.74) is 13.8. The van der Waals surface area contributed by atoms with Crippen molar-refractivity contribution in [3.8, 4) is 33.4 Å². The molecular formula is C52H33NO2. The van der Waals surface area contributed by atoms with Crippen molar-refractivity contribution in [2.24, 2.45) is 0 Å². The normalized spacial score (nSPS) is 11.6. The summed E-state index contributed by atoms with van der Waals surface area (Å²) in [6, 6.07) is 70.8. The van der Waals surface area contributed by atoms with Gasteiger partial charge in [0.15, 0.2) is 0 Å². The highest BCUT2D eigenvalue weighted by molar-refractivity contribution is 6.20. The van der Waals surface area contributed by atoms with Crippen molar-refractivity contribution < 1.29 is 8.83 Å². The molecular weight excluding hydrogens is 671 g/mol. The van der Waals surface area contributed by atoms with Crippen molar-refractivity contribution in [3.05, 3.63) is 200 Å². The molecule has 55 heavy (non-hydrogen) atoms. The van der Waals surface area contributed by atoms with E-state index in [1.165, 1.54) is 10.9 Å². The van der Waals surface area contributed by atoms with Crippen LogP contribution in [0.1, 0.15) is 0 Å². The highest BCUT2D eigenvalue weighted by Gasteiger charge is 2.19. The van der Waals surface area contributed by atoms with E-state index in [9.17, 15) is 0 Å². The van der Waals surface area contributed by atoms with Crippen molar-refractivity contribution in [1.29, 1.82) is 0 Å². The van der Waals surface area contributed by atoms with E-state index in [1.54, 1.807) is 0 Å².